The van der Waals surface area contributed by atoms with E-state index in [4.69, 9.17) is 4.74 Å². The number of nitrogens with zero attached hydrogens (tertiary/aromatic N) is 1. The predicted octanol–water partition coefficient (Wildman–Crippen LogP) is 1.95. The first-order chi connectivity index (χ1) is 13.3. The van der Waals surface area contributed by atoms with Gasteiger partial charge in [0.1, 0.15) is 6.04 Å². The summed E-state index contributed by atoms with van der Waals surface area (Å²) < 4.78 is 7.16. The lowest BCUT2D eigenvalue weighted by Crippen LogP contribution is -2.46. The van der Waals surface area contributed by atoms with Crippen molar-refractivity contribution < 1.29 is 19.1 Å². The van der Waals surface area contributed by atoms with Gasteiger partial charge in [0.05, 0.1) is 5.56 Å². The number of hydrogen-bond donors (Lipinski definition) is 2. The van der Waals surface area contributed by atoms with Gasteiger partial charge in [-0.3, -0.25) is 9.59 Å². The van der Waals surface area contributed by atoms with Crippen molar-refractivity contribution in [3.8, 4) is 0 Å². The van der Waals surface area contributed by atoms with Gasteiger partial charge < -0.3 is 19.9 Å². The van der Waals surface area contributed by atoms with E-state index >= 15 is 0 Å². The highest BCUT2D eigenvalue weighted by Gasteiger charge is 2.20. The molecule has 0 unspecified atom stereocenters. The summed E-state index contributed by atoms with van der Waals surface area (Å²) in [6.45, 7) is 7.83. The van der Waals surface area contributed by atoms with E-state index in [2.05, 4.69) is 10.6 Å². The number of rotatable bonds is 8. The third-order valence-corrected chi connectivity index (χ3v) is 4.43. The molecule has 1 aromatic carbocycles. The van der Waals surface area contributed by atoms with Crippen molar-refractivity contribution in [2.75, 3.05) is 13.2 Å². The zero-order valence-corrected chi connectivity index (χ0v) is 16.7. The number of benzene rings is 1. The largest absolute Gasteiger partial charge is 0.452 e. The maximum absolute atomic E-state index is 12.4. The Morgan fingerprint density at radius 3 is 2.46 bits per heavy atom. The Morgan fingerprint density at radius 2 is 1.82 bits per heavy atom. The van der Waals surface area contributed by atoms with E-state index in [-0.39, 0.29) is 5.91 Å². The van der Waals surface area contributed by atoms with E-state index in [0.717, 1.165) is 17.0 Å². The van der Waals surface area contributed by atoms with Crippen LogP contribution >= 0.6 is 0 Å². The summed E-state index contributed by atoms with van der Waals surface area (Å²) in [4.78, 5) is 36.0. The summed E-state index contributed by atoms with van der Waals surface area (Å²) in [5, 5.41) is 5.12. The van der Waals surface area contributed by atoms with Crippen molar-refractivity contribution in [1.82, 2.24) is 15.2 Å². The molecule has 0 aliphatic carbocycles. The maximum Gasteiger partial charge on any atom is 0.340 e. The molecule has 150 valence electrons. The van der Waals surface area contributed by atoms with E-state index in [1.165, 1.54) is 0 Å². The van der Waals surface area contributed by atoms with E-state index in [1.807, 2.05) is 48.7 Å². The number of amides is 2. The molecule has 7 heteroatoms. The Kier molecular flexibility index (Phi) is 7.37. The molecule has 0 bridgehead atoms. The average molecular weight is 385 g/mol. The number of aromatic nitrogens is 1. The van der Waals surface area contributed by atoms with E-state index in [9.17, 15) is 14.4 Å². The van der Waals surface area contributed by atoms with Gasteiger partial charge in [-0.15, -0.1) is 0 Å². The molecule has 1 atom stereocenters. The SMILES string of the molecule is CCNC(=O)[C@H](C)NC(=O)COC(=O)c1cc(C)n(Cc2ccccc2)c1C. The number of carbonyl (C=O) groups is 3. The summed E-state index contributed by atoms with van der Waals surface area (Å²) in [6, 6.07) is 11.0. The van der Waals surface area contributed by atoms with Crippen molar-refractivity contribution in [2.45, 2.75) is 40.3 Å². The molecular formula is C21H27N3O4. The van der Waals surface area contributed by atoms with Gasteiger partial charge in [0.15, 0.2) is 6.61 Å². The molecule has 1 aromatic heterocycles. The van der Waals surface area contributed by atoms with Crippen molar-refractivity contribution in [2.24, 2.45) is 0 Å². The van der Waals surface area contributed by atoms with Gasteiger partial charge in [-0.25, -0.2) is 4.79 Å². The Morgan fingerprint density at radius 1 is 1.14 bits per heavy atom. The predicted molar refractivity (Wildman–Crippen MR) is 106 cm³/mol. The monoisotopic (exact) mass is 385 g/mol. The van der Waals surface area contributed by atoms with Gasteiger partial charge in [-0.05, 0) is 39.3 Å². The first-order valence-corrected chi connectivity index (χ1v) is 9.28. The number of esters is 1. The van der Waals surface area contributed by atoms with Gasteiger partial charge >= 0.3 is 5.97 Å². The van der Waals surface area contributed by atoms with Crippen LogP contribution in [-0.4, -0.2) is 41.5 Å². The Labute approximate surface area is 165 Å². The highest BCUT2D eigenvalue weighted by molar-refractivity contribution is 5.93. The quantitative estimate of drug-likeness (QED) is 0.680. The lowest BCUT2D eigenvalue weighted by atomic mass is 10.2. The standard InChI is InChI=1S/C21H27N3O4/c1-5-22-20(26)15(3)23-19(25)13-28-21(27)18-11-14(2)24(16(18)4)12-17-9-7-6-8-10-17/h6-11,15H,5,12-13H2,1-4H3,(H,22,26)(H,23,25)/t15-/m0/s1. The molecule has 1 heterocycles. The smallest absolute Gasteiger partial charge is 0.340 e. The lowest BCUT2D eigenvalue weighted by molar-refractivity contribution is -0.130. The second-order valence-electron chi connectivity index (χ2n) is 6.62. The molecule has 0 aliphatic heterocycles. The van der Waals surface area contributed by atoms with Crippen molar-refractivity contribution in [3.63, 3.8) is 0 Å². The number of carbonyl (C=O) groups excluding carboxylic acids is 3. The molecule has 0 saturated heterocycles. The Bertz CT molecular complexity index is 843. The van der Waals surface area contributed by atoms with Crippen LogP contribution < -0.4 is 10.6 Å². The van der Waals surface area contributed by atoms with Crippen molar-refractivity contribution in [1.29, 1.82) is 0 Å². The van der Waals surface area contributed by atoms with E-state index < -0.39 is 24.5 Å². The lowest BCUT2D eigenvalue weighted by Gasteiger charge is -2.13. The normalized spacial score (nSPS) is 11.6. The molecule has 2 aromatic rings. The van der Waals surface area contributed by atoms with Gasteiger partial charge in [0, 0.05) is 24.5 Å². The van der Waals surface area contributed by atoms with Crippen LogP contribution in [0.1, 0.15) is 41.2 Å². The number of nitrogens with one attached hydrogen (secondary N) is 2. The van der Waals surface area contributed by atoms with Crippen LogP contribution in [0.4, 0.5) is 0 Å². The Balaban J connectivity index is 1.96. The van der Waals surface area contributed by atoms with Gasteiger partial charge in [0.2, 0.25) is 5.91 Å². The number of likely N-dealkylation sites (N-methyl/N-ethyl adjacent to an activating group) is 1. The molecule has 0 saturated carbocycles. The minimum Gasteiger partial charge on any atom is -0.452 e. The maximum atomic E-state index is 12.4. The fourth-order valence-electron chi connectivity index (χ4n) is 2.90. The highest BCUT2D eigenvalue weighted by atomic mass is 16.5. The summed E-state index contributed by atoms with van der Waals surface area (Å²) in [7, 11) is 0. The van der Waals surface area contributed by atoms with Crippen LogP contribution in [0, 0.1) is 13.8 Å². The van der Waals surface area contributed by atoms with Crippen LogP contribution in [-0.2, 0) is 20.9 Å². The molecule has 2 N–H and O–H groups in total. The highest BCUT2D eigenvalue weighted by Crippen LogP contribution is 2.18. The van der Waals surface area contributed by atoms with Crippen LogP contribution in [0.15, 0.2) is 36.4 Å². The van der Waals surface area contributed by atoms with E-state index in [0.29, 0.717) is 18.7 Å². The van der Waals surface area contributed by atoms with Crippen LogP contribution in [0.25, 0.3) is 0 Å². The van der Waals surface area contributed by atoms with Crippen LogP contribution in [0.5, 0.6) is 0 Å². The average Bonchev–Trinajstić information content (AvgIpc) is 2.95. The summed E-state index contributed by atoms with van der Waals surface area (Å²) in [5.41, 5.74) is 3.27. The van der Waals surface area contributed by atoms with Gasteiger partial charge in [-0.2, -0.15) is 0 Å². The molecule has 0 radical (unpaired) electrons. The molecule has 0 spiro atoms. The third kappa shape index (κ3) is 5.45. The minimum absolute atomic E-state index is 0.286. The van der Waals surface area contributed by atoms with Crippen LogP contribution in [0.2, 0.25) is 0 Å². The fourth-order valence-corrected chi connectivity index (χ4v) is 2.90. The second-order valence-corrected chi connectivity index (χ2v) is 6.62. The van der Waals surface area contributed by atoms with Gasteiger partial charge in [0.25, 0.3) is 5.91 Å². The first-order valence-electron chi connectivity index (χ1n) is 9.28. The van der Waals surface area contributed by atoms with Crippen molar-refractivity contribution >= 4 is 17.8 Å². The molecule has 28 heavy (non-hydrogen) atoms. The van der Waals surface area contributed by atoms with Crippen LogP contribution in [0.3, 0.4) is 0 Å². The summed E-state index contributed by atoms with van der Waals surface area (Å²) in [6.07, 6.45) is 0. The third-order valence-electron chi connectivity index (χ3n) is 4.43. The fraction of sp³-hybridized carbons (Fsp3) is 0.381. The number of hydrogen-bond acceptors (Lipinski definition) is 4. The zero-order chi connectivity index (χ0) is 20.7. The molecule has 2 amide bonds. The Hall–Kier alpha value is -3.09. The number of aryl methyl sites for hydroxylation is 1. The zero-order valence-electron chi connectivity index (χ0n) is 16.7. The molecule has 0 fully saturated rings. The minimum atomic E-state index is -0.693. The summed E-state index contributed by atoms with van der Waals surface area (Å²) in [5.74, 6) is -1.37. The first kappa shape index (κ1) is 21.2. The molecular weight excluding hydrogens is 358 g/mol. The number of ether oxygens (including phenoxy) is 1. The van der Waals surface area contributed by atoms with E-state index in [1.54, 1.807) is 19.9 Å². The van der Waals surface area contributed by atoms with Crippen molar-refractivity contribution in [3.05, 3.63) is 58.9 Å². The molecule has 7 nitrogen and oxygen atoms in total. The molecule has 0 aliphatic rings. The second kappa shape index (κ2) is 9.73. The van der Waals surface area contributed by atoms with Gasteiger partial charge in [-0.1, -0.05) is 30.3 Å². The molecule has 2 rings (SSSR count). The summed E-state index contributed by atoms with van der Waals surface area (Å²) >= 11 is 0. The topological polar surface area (TPSA) is 89.4 Å².